The van der Waals surface area contributed by atoms with Crippen LogP contribution in [0.15, 0.2) is 0 Å². The third-order valence-electron chi connectivity index (χ3n) is 1.60. The maximum atomic E-state index is 8.96. The normalized spacial score (nSPS) is 48.0. The molecule has 0 radical (unpaired) electrons. The van der Waals surface area contributed by atoms with Crippen molar-refractivity contribution < 1.29 is 14.9 Å². The van der Waals surface area contributed by atoms with E-state index in [0.717, 1.165) is 0 Å². The summed E-state index contributed by atoms with van der Waals surface area (Å²) in [6.45, 7) is -0.154. The van der Waals surface area contributed by atoms with Gasteiger partial charge in [0, 0.05) is 0 Å². The van der Waals surface area contributed by atoms with E-state index < -0.39 is 18.4 Å². The first-order valence-corrected chi connectivity index (χ1v) is 3.56. The average Bonchev–Trinajstić information content (AvgIpc) is 2.17. The molecule has 0 saturated carbocycles. The molecule has 0 amide bonds. The van der Waals surface area contributed by atoms with E-state index in [4.69, 9.17) is 20.7 Å². The van der Waals surface area contributed by atoms with E-state index in [0.29, 0.717) is 0 Å². The molecule has 0 spiro atoms. The molecule has 0 unspecified atom stereocenters. The summed E-state index contributed by atoms with van der Waals surface area (Å²) in [6, 6.07) is -0.500. The Morgan fingerprint density at radius 2 is 2.20 bits per heavy atom. The molecule has 1 fully saturated rings. The van der Waals surface area contributed by atoms with Gasteiger partial charge in [-0.2, -0.15) is 12.6 Å². The van der Waals surface area contributed by atoms with Crippen molar-refractivity contribution in [2.45, 2.75) is 23.7 Å². The lowest BCUT2D eigenvalue weighted by atomic mass is 10.2. The first-order valence-electron chi connectivity index (χ1n) is 3.05. The van der Waals surface area contributed by atoms with Crippen LogP contribution in [0.3, 0.4) is 0 Å². The molecule has 1 aliphatic heterocycles. The highest BCUT2D eigenvalue weighted by Gasteiger charge is 2.38. The summed E-state index contributed by atoms with van der Waals surface area (Å²) in [4.78, 5) is 0. The van der Waals surface area contributed by atoms with Crippen molar-refractivity contribution in [3.05, 3.63) is 0 Å². The topological polar surface area (TPSA) is 75.7 Å². The van der Waals surface area contributed by atoms with Gasteiger partial charge in [0.1, 0.15) is 0 Å². The van der Waals surface area contributed by atoms with Gasteiger partial charge in [0.2, 0.25) is 0 Å². The highest BCUT2D eigenvalue weighted by Crippen LogP contribution is 2.21. The Labute approximate surface area is 64.4 Å². The highest BCUT2D eigenvalue weighted by atomic mass is 32.1. The van der Waals surface area contributed by atoms with Crippen LogP contribution in [0.2, 0.25) is 0 Å². The maximum Gasteiger partial charge on any atom is 0.171 e. The molecular weight excluding hydrogens is 154 g/mol. The van der Waals surface area contributed by atoms with Crippen LogP contribution >= 0.6 is 12.6 Å². The van der Waals surface area contributed by atoms with Crippen molar-refractivity contribution in [3.63, 3.8) is 0 Å². The minimum absolute atomic E-state index is 0.154. The van der Waals surface area contributed by atoms with Crippen molar-refractivity contribution in [2.24, 2.45) is 5.73 Å². The quantitative estimate of drug-likeness (QED) is 0.350. The standard InChI is InChI=1S/C5H11NO3S/c6-3-4(10)2(1-7)9-5(3)8/h2-5,7-8,10H,1,6H2/t2-,3+,4-,5+/m1/s1. The Bertz CT molecular complexity index is 123. The summed E-state index contributed by atoms with van der Waals surface area (Å²) < 4.78 is 4.84. The predicted octanol–water partition coefficient (Wildman–Crippen LogP) is -1.68. The van der Waals surface area contributed by atoms with Gasteiger partial charge in [-0.1, -0.05) is 0 Å². The molecule has 1 aliphatic rings. The van der Waals surface area contributed by atoms with E-state index in [1.807, 2.05) is 0 Å². The SMILES string of the molecule is N[C@H]1[C@H](S)[C@@H](CO)O[C@@H]1O. The third kappa shape index (κ3) is 1.28. The molecule has 4 N–H and O–H groups in total. The third-order valence-corrected chi connectivity index (χ3v) is 2.28. The van der Waals surface area contributed by atoms with Crippen molar-refractivity contribution in [3.8, 4) is 0 Å². The molecule has 4 atom stereocenters. The minimum Gasteiger partial charge on any atom is -0.394 e. The summed E-state index contributed by atoms with van der Waals surface area (Å²) in [5.41, 5.74) is 5.43. The van der Waals surface area contributed by atoms with Crippen LogP contribution in [0.1, 0.15) is 0 Å². The Kier molecular flexibility index (Phi) is 2.54. The van der Waals surface area contributed by atoms with Crippen molar-refractivity contribution in [1.82, 2.24) is 0 Å². The average molecular weight is 165 g/mol. The summed E-state index contributed by atoms with van der Waals surface area (Å²) in [7, 11) is 0. The molecule has 0 aromatic rings. The second kappa shape index (κ2) is 3.06. The van der Waals surface area contributed by atoms with Crippen LogP contribution in [-0.2, 0) is 4.74 Å². The number of rotatable bonds is 1. The van der Waals surface area contributed by atoms with Crippen LogP contribution in [0, 0.1) is 0 Å². The Morgan fingerprint density at radius 1 is 1.60 bits per heavy atom. The molecule has 0 aromatic heterocycles. The summed E-state index contributed by atoms with van der Waals surface area (Å²) >= 11 is 4.05. The van der Waals surface area contributed by atoms with Gasteiger partial charge in [-0.15, -0.1) is 0 Å². The van der Waals surface area contributed by atoms with Gasteiger partial charge in [-0.25, -0.2) is 0 Å². The van der Waals surface area contributed by atoms with Crippen molar-refractivity contribution in [2.75, 3.05) is 6.61 Å². The van der Waals surface area contributed by atoms with Crippen LogP contribution in [0.25, 0.3) is 0 Å². The van der Waals surface area contributed by atoms with E-state index >= 15 is 0 Å². The predicted molar refractivity (Wildman–Crippen MR) is 38.7 cm³/mol. The number of ether oxygens (including phenoxy) is 1. The summed E-state index contributed by atoms with van der Waals surface area (Å²) in [6.07, 6.45) is -1.42. The van der Waals surface area contributed by atoms with Gasteiger partial charge in [0.25, 0.3) is 0 Å². The first-order chi connectivity index (χ1) is 4.66. The lowest BCUT2D eigenvalue weighted by Gasteiger charge is -2.10. The second-order valence-electron chi connectivity index (χ2n) is 2.32. The van der Waals surface area contributed by atoms with Gasteiger partial charge >= 0.3 is 0 Å². The van der Waals surface area contributed by atoms with E-state index in [1.165, 1.54) is 0 Å². The van der Waals surface area contributed by atoms with E-state index in [-0.39, 0.29) is 11.9 Å². The first kappa shape index (κ1) is 8.29. The van der Waals surface area contributed by atoms with Crippen molar-refractivity contribution >= 4 is 12.6 Å². The molecule has 0 aliphatic carbocycles. The van der Waals surface area contributed by atoms with Crippen molar-refractivity contribution in [1.29, 1.82) is 0 Å². The Balaban J connectivity index is 2.53. The lowest BCUT2D eigenvalue weighted by molar-refractivity contribution is -0.105. The molecule has 60 valence electrons. The zero-order valence-electron chi connectivity index (χ0n) is 5.34. The van der Waals surface area contributed by atoms with Crippen LogP contribution in [0.4, 0.5) is 0 Å². The fourth-order valence-electron chi connectivity index (χ4n) is 0.918. The van der Waals surface area contributed by atoms with Crippen LogP contribution < -0.4 is 5.73 Å². The Morgan fingerprint density at radius 3 is 2.40 bits per heavy atom. The minimum atomic E-state index is -0.986. The lowest BCUT2D eigenvalue weighted by Crippen LogP contribution is -2.37. The van der Waals surface area contributed by atoms with Gasteiger partial charge in [-0.3, -0.25) is 0 Å². The fraction of sp³-hybridized carbons (Fsp3) is 1.00. The molecule has 1 rings (SSSR count). The molecule has 4 nitrogen and oxygen atoms in total. The summed E-state index contributed by atoms with van der Waals surface area (Å²) in [5, 5.41) is 17.3. The number of thiol groups is 1. The zero-order chi connectivity index (χ0) is 7.72. The van der Waals surface area contributed by atoms with Gasteiger partial charge in [-0.05, 0) is 0 Å². The largest absolute Gasteiger partial charge is 0.394 e. The van der Waals surface area contributed by atoms with Gasteiger partial charge in [0.05, 0.1) is 24.0 Å². The number of aliphatic hydroxyl groups excluding tert-OH is 2. The summed E-state index contributed by atoms with van der Waals surface area (Å²) in [5.74, 6) is 0. The number of aliphatic hydroxyl groups is 2. The van der Waals surface area contributed by atoms with Gasteiger partial charge in [0.15, 0.2) is 6.29 Å². The molecular formula is C5H11NO3S. The molecule has 1 saturated heterocycles. The monoisotopic (exact) mass is 165 g/mol. The molecule has 1 heterocycles. The molecule has 5 heteroatoms. The highest BCUT2D eigenvalue weighted by molar-refractivity contribution is 7.81. The number of hydrogen-bond acceptors (Lipinski definition) is 5. The second-order valence-corrected chi connectivity index (χ2v) is 2.91. The van der Waals surface area contributed by atoms with Gasteiger partial charge < -0.3 is 20.7 Å². The van der Waals surface area contributed by atoms with Crippen LogP contribution in [-0.4, -0.2) is 40.5 Å². The van der Waals surface area contributed by atoms with E-state index in [2.05, 4.69) is 12.6 Å². The smallest absolute Gasteiger partial charge is 0.171 e. The Hall–Kier alpha value is 0.190. The van der Waals surface area contributed by atoms with Crippen LogP contribution in [0.5, 0.6) is 0 Å². The zero-order valence-corrected chi connectivity index (χ0v) is 6.24. The maximum absolute atomic E-state index is 8.96. The molecule has 0 aromatic carbocycles. The fourth-order valence-corrected chi connectivity index (χ4v) is 1.23. The number of hydrogen-bond donors (Lipinski definition) is 4. The molecule has 0 bridgehead atoms. The van der Waals surface area contributed by atoms with E-state index in [9.17, 15) is 0 Å². The van der Waals surface area contributed by atoms with E-state index in [1.54, 1.807) is 0 Å². The molecule has 10 heavy (non-hydrogen) atoms. The number of nitrogens with two attached hydrogens (primary N) is 1.